The SMILES string of the molecule is FB(F)F.[Co]. The van der Waals surface area contributed by atoms with Gasteiger partial charge in [-0.2, -0.15) is 0 Å². The number of hydrogen-bond donors (Lipinski definition) is 0. The summed E-state index contributed by atoms with van der Waals surface area (Å²) in [5.41, 5.74) is 0. The van der Waals surface area contributed by atoms with E-state index in [9.17, 15) is 12.9 Å². The molecule has 0 aliphatic carbocycles. The molecule has 0 bridgehead atoms. The maximum absolute atomic E-state index is 9.67. The monoisotopic (exact) mass is 127 g/mol. The van der Waals surface area contributed by atoms with E-state index in [4.69, 9.17) is 0 Å². The topological polar surface area (TPSA) is 0 Å². The summed E-state index contributed by atoms with van der Waals surface area (Å²) in [5.74, 6) is 0. The smallest absolute Gasteiger partial charge is 0.254 e. The molecule has 0 aromatic carbocycles. The molecule has 0 unspecified atom stereocenters. The molecule has 0 aromatic rings. The molecular formula is BCoF3. The first kappa shape index (κ1) is 9.03. The molecular weight excluding hydrogens is 127 g/mol. The Morgan fingerprint density at radius 1 is 1.00 bits per heavy atom. The maximum Gasteiger partial charge on any atom is 0.762 e. The normalized spacial score (nSPS) is 5.40. The van der Waals surface area contributed by atoms with Crippen LogP contribution in [0.5, 0.6) is 0 Å². The molecule has 0 aliphatic rings. The first-order chi connectivity index (χ1) is 1.73. The molecule has 0 fully saturated rings. The summed E-state index contributed by atoms with van der Waals surface area (Å²) in [6, 6.07) is 0. The van der Waals surface area contributed by atoms with Crippen molar-refractivity contribution < 1.29 is 29.7 Å². The molecule has 0 atom stereocenters. The van der Waals surface area contributed by atoms with Crippen LogP contribution in [0.15, 0.2) is 0 Å². The summed E-state index contributed by atoms with van der Waals surface area (Å²) in [6.07, 6.45) is 0. The second kappa shape index (κ2) is 4.36. The predicted octanol–water partition coefficient (Wildman–Crippen LogP) is 0.877. The van der Waals surface area contributed by atoms with Crippen LogP contribution in [0, 0.1) is 0 Å². The Labute approximate surface area is 38.2 Å². The van der Waals surface area contributed by atoms with Gasteiger partial charge in [-0.05, 0) is 0 Å². The summed E-state index contributed by atoms with van der Waals surface area (Å²) in [6.45, 7) is 0. The Morgan fingerprint density at radius 2 is 1.00 bits per heavy atom. The van der Waals surface area contributed by atoms with Crippen molar-refractivity contribution >= 4 is 7.54 Å². The summed E-state index contributed by atoms with van der Waals surface area (Å²) < 4.78 is 29.0. The minimum atomic E-state index is -3.67. The van der Waals surface area contributed by atoms with E-state index in [1.165, 1.54) is 0 Å². The molecule has 33 valence electrons. The van der Waals surface area contributed by atoms with Crippen LogP contribution in [0.2, 0.25) is 0 Å². The fourth-order valence-corrected chi connectivity index (χ4v) is 0. The quantitative estimate of drug-likeness (QED) is 0.423. The van der Waals surface area contributed by atoms with E-state index in [-0.39, 0.29) is 16.8 Å². The van der Waals surface area contributed by atoms with E-state index in [1.54, 1.807) is 0 Å². The van der Waals surface area contributed by atoms with Gasteiger partial charge in [-0.25, -0.2) is 0 Å². The first-order valence-electron chi connectivity index (χ1n) is 0.655. The molecule has 0 amide bonds. The number of halogens is 3. The van der Waals surface area contributed by atoms with Crippen molar-refractivity contribution in [2.45, 2.75) is 0 Å². The molecule has 0 spiro atoms. The van der Waals surface area contributed by atoms with E-state index in [2.05, 4.69) is 0 Å². The van der Waals surface area contributed by atoms with Gasteiger partial charge in [0.25, 0.3) is 0 Å². The molecule has 0 aliphatic heterocycles. The van der Waals surface area contributed by atoms with Crippen molar-refractivity contribution in [2.24, 2.45) is 0 Å². The first-order valence-corrected chi connectivity index (χ1v) is 0.655. The van der Waals surface area contributed by atoms with Crippen LogP contribution in [0.3, 0.4) is 0 Å². The van der Waals surface area contributed by atoms with E-state index in [0.29, 0.717) is 0 Å². The summed E-state index contributed by atoms with van der Waals surface area (Å²) in [5, 5.41) is 0. The van der Waals surface area contributed by atoms with Gasteiger partial charge in [-0.15, -0.1) is 0 Å². The molecule has 0 nitrogen and oxygen atoms in total. The van der Waals surface area contributed by atoms with Crippen LogP contribution in [0.25, 0.3) is 0 Å². The third-order valence-electron chi connectivity index (χ3n) is 0. The fourth-order valence-electron chi connectivity index (χ4n) is 0. The van der Waals surface area contributed by atoms with Gasteiger partial charge in [0.2, 0.25) is 0 Å². The van der Waals surface area contributed by atoms with Crippen LogP contribution in [-0.4, -0.2) is 7.54 Å². The zero-order chi connectivity index (χ0) is 3.58. The van der Waals surface area contributed by atoms with Gasteiger partial charge in [0, 0.05) is 16.8 Å². The zero-order valence-corrected chi connectivity index (χ0v) is 3.09. The fraction of sp³-hybridized carbons (Fsp3) is 0. The van der Waals surface area contributed by atoms with Gasteiger partial charge in [-0.3, -0.25) is 12.9 Å². The van der Waals surface area contributed by atoms with Crippen molar-refractivity contribution in [1.82, 2.24) is 0 Å². The Bertz CT molecular complexity index is 11.6. The Kier molecular flexibility index (Phi) is 7.87. The molecule has 0 N–H and O–H groups in total. The second-order valence-corrected chi connectivity index (χ2v) is 0.247. The van der Waals surface area contributed by atoms with Crippen LogP contribution < -0.4 is 0 Å². The molecule has 0 aromatic heterocycles. The van der Waals surface area contributed by atoms with Crippen LogP contribution >= 0.6 is 0 Å². The maximum atomic E-state index is 9.67. The number of hydrogen-bond acceptors (Lipinski definition) is 0. The van der Waals surface area contributed by atoms with Crippen molar-refractivity contribution in [3.8, 4) is 0 Å². The average Bonchev–Trinajstić information content (AvgIpc) is 0.811. The van der Waals surface area contributed by atoms with Gasteiger partial charge in [0.05, 0.1) is 0 Å². The third-order valence-corrected chi connectivity index (χ3v) is 0. The minimum absolute atomic E-state index is 0. The molecule has 0 saturated carbocycles. The van der Waals surface area contributed by atoms with Gasteiger partial charge in [-0.1, -0.05) is 0 Å². The molecule has 0 rings (SSSR count). The van der Waals surface area contributed by atoms with Gasteiger partial charge >= 0.3 is 7.54 Å². The second-order valence-electron chi connectivity index (χ2n) is 0.247. The van der Waals surface area contributed by atoms with E-state index in [0.717, 1.165) is 0 Å². The molecule has 1 radical (unpaired) electrons. The van der Waals surface area contributed by atoms with Gasteiger partial charge in [0.15, 0.2) is 0 Å². The van der Waals surface area contributed by atoms with Crippen LogP contribution in [0.4, 0.5) is 12.9 Å². The Morgan fingerprint density at radius 3 is 1.00 bits per heavy atom. The van der Waals surface area contributed by atoms with Crippen molar-refractivity contribution in [3.63, 3.8) is 0 Å². The van der Waals surface area contributed by atoms with Crippen molar-refractivity contribution in [2.75, 3.05) is 0 Å². The molecule has 0 heterocycles. The molecule has 0 saturated heterocycles. The third kappa shape index (κ3) is 186. The standard InChI is InChI=1S/BF3.Co/c2-1(3)4;. The average molecular weight is 127 g/mol. The van der Waals surface area contributed by atoms with Crippen LogP contribution in [-0.2, 0) is 16.8 Å². The van der Waals surface area contributed by atoms with Gasteiger partial charge in [0.1, 0.15) is 0 Å². The van der Waals surface area contributed by atoms with Crippen LogP contribution in [0.1, 0.15) is 0 Å². The predicted molar refractivity (Wildman–Crippen MR) is 9.08 cm³/mol. The molecule has 5 heteroatoms. The zero-order valence-electron chi connectivity index (χ0n) is 2.04. The Hall–Kier alpha value is 0.361. The number of rotatable bonds is 0. The van der Waals surface area contributed by atoms with E-state index >= 15 is 0 Å². The largest absolute Gasteiger partial charge is 0.762 e. The minimum Gasteiger partial charge on any atom is -0.254 e. The van der Waals surface area contributed by atoms with Crippen molar-refractivity contribution in [3.05, 3.63) is 0 Å². The van der Waals surface area contributed by atoms with Crippen molar-refractivity contribution in [1.29, 1.82) is 0 Å². The Balaban J connectivity index is 0. The van der Waals surface area contributed by atoms with Gasteiger partial charge < -0.3 is 0 Å². The summed E-state index contributed by atoms with van der Waals surface area (Å²) >= 11 is 0. The molecule has 5 heavy (non-hydrogen) atoms. The van der Waals surface area contributed by atoms with E-state index < -0.39 is 7.54 Å². The summed E-state index contributed by atoms with van der Waals surface area (Å²) in [7, 11) is -3.67. The summed E-state index contributed by atoms with van der Waals surface area (Å²) in [4.78, 5) is 0. The van der Waals surface area contributed by atoms with E-state index in [1.807, 2.05) is 0 Å².